The Hall–Kier alpha value is -2.46. The minimum atomic E-state index is -0.223. The number of para-hydroxylation sites is 1. The topological polar surface area (TPSA) is 45.5 Å². The van der Waals surface area contributed by atoms with E-state index in [1.165, 1.54) is 0 Å². The van der Waals surface area contributed by atoms with Crippen molar-refractivity contribution in [3.8, 4) is 0 Å². The molecule has 0 bridgehead atoms. The molecule has 0 aliphatic carbocycles. The van der Waals surface area contributed by atoms with Gasteiger partial charge in [-0.05, 0) is 36.4 Å². The lowest BCUT2D eigenvalue weighted by molar-refractivity contribution is 0.0929. The molecule has 3 rings (SSSR count). The highest BCUT2D eigenvalue weighted by Crippen LogP contribution is 2.22. The first-order valence-electron chi connectivity index (χ1n) is 7.37. The second-order valence-electron chi connectivity index (χ2n) is 5.31. The fraction of sp³-hybridized carbons (Fsp3) is 0.167. The molecule has 0 aliphatic heterocycles. The van der Waals surface area contributed by atoms with Crippen molar-refractivity contribution in [2.45, 2.75) is 0 Å². The number of carbonyl (C=O) groups is 1. The average Bonchev–Trinajstić information content (AvgIpc) is 2.98. The van der Waals surface area contributed by atoms with E-state index in [4.69, 9.17) is 16.0 Å². The standard InChI is InChI=1S/C18H17ClN2O2/c1-21(15-5-3-2-4-6-15)10-9-20-18(22)17-12-13-11-14(19)7-8-16(13)23-17/h2-8,11-12H,9-10H2,1H3,(H,20,22). The number of halogens is 1. The van der Waals surface area contributed by atoms with E-state index in [9.17, 15) is 4.79 Å². The molecule has 0 unspecified atom stereocenters. The molecule has 118 valence electrons. The van der Waals surface area contributed by atoms with E-state index >= 15 is 0 Å². The number of nitrogens with one attached hydrogen (secondary N) is 1. The molecule has 0 atom stereocenters. The van der Waals surface area contributed by atoms with Crippen molar-refractivity contribution in [3.63, 3.8) is 0 Å². The number of furan rings is 1. The highest BCUT2D eigenvalue weighted by atomic mass is 35.5. The van der Waals surface area contributed by atoms with Crippen LogP contribution in [-0.4, -0.2) is 26.0 Å². The zero-order valence-corrected chi connectivity index (χ0v) is 13.5. The number of carbonyl (C=O) groups excluding carboxylic acids is 1. The van der Waals surface area contributed by atoms with Crippen LogP contribution < -0.4 is 10.2 Å². The molecule has 0 aliphatic rings. The summed E-state index contributed by atoms with van der Waals surface area (Å²) in [5.74, 6) is 0.0726. The summed E-state index contributed by atoms with van der Waals surface area (Å²) in [7, 11) is 1.99. The smallest absolute Gasteiger partial charge is 0.287 e. The van der Waals surface area contributed by atoms with E-state index in [1.807, 2.05) is 37.4 Å². The number of fused-ring (bicyclic) bond motifs is 1. The van der Waals surface area contributed by atoms with Gasteiger partial charge in [0.1, 0.15) is 5.58 Å². The average molecular weight is 329 g/mol. The van der Waals surface area contributed by atoms with Crippen molar-refractivity contribution in [2.24, 2.45) is 0 Å². The Morgan fingerprint density at radius 2 is 1.96 bits per heavy atom. The zero-order chi connectivity index (χ0) is 16.2. The van der Waals surface area contributed by atoms with Crippen LogP contribution in [0.25, 0.3) is 11.0 Å². The Morgan fingerprint density at radius 1 is 1.17 bits per heavy atom. The summed E-state index contributed by atoms with van der Waals surface area (Å²) in [6.07, 6.45) is 0. The van der Waals surface area contributed by atoms with E-state index in [0.717, 1.165) is 11.1 Å². The van der Waals surface area contributed by atoms with Gasteiger partial charge in [-0.15, -0.1) is 0 Å². The number of hydrogen-bond donors (Lipinski definition) is 1. The van der Waals surface area contributed by atoms with Gasteiger partial charge >= 0.3 is 0 Å². The summed E-state index contributed by atoms with van der Waals surface area (Å²) in [4.78, 5) is 14.2. The van der Waals surface area contributed by atoms with Gasteiger partial charge in [0, 0.05) is 36.2 Å². The fourth-order valence-corrected chi connectivity index (χ4v) is 2.54. The van der Waals surface area contributed by atoms with Crippen LogP contribution >= 0.6 is 11.6 Å². The summed E-state index contributed by atoms with van der Waals surface area (Å²) < 4.78 is 5.54. The first-order valence-corrected chi connectivity index (χ1v) is 7.75. The quantitative estimate of drug-likeness (QED) is 0.771. The van der Waals surface area contributed by atoms with Crippen LogP contribution in [0.1, 0.15) is 10.6 Å². The third-order valence-electron chi connectivity index (χ3n) is 3.63. The first kappa shape index (κ1) is 15.4. The lowest BCUT2D eigenvalue weighted by atomic mass is 10.2. The molecule has 0 saturated heterocycles. The predicted molar refractivity (Wildman–Crippen MR) is 93.3 cm³/mol. The molecule has 4 nitrogen and oxygen atoms in total. The molecular weight excluding hydrogens is 312 g/mol. The molecule has 0 spiro atoms. The largest absolute Gasteiger partial charge is 0.451 e. The maximum atomic E-state index is 12.2. The molecule has 3 aromatic rings. The molecule has 0 radical (unpaired) electrons. The Balaban J connectivity index is 1.58. The van der Waals surface area contributed by atoms with Crippen LogP contribution in [0.5, 0.6) is 0 Å². The van der Waals surface area contributed by atoms with E-state index in [1.54, 1.807) is 24.3 Å². The lowest BCUT2D eigenvalue weighted by Crippen LogP contribution is -2.32. The van der Waals surface area contributed by atoms with Crippen molar-refractivity contribution >= 4 is 34.2 Å². The van der Waals surface area contributed by atoms with Crippen molar-refractivity contribution in [1.29, 1.82) is 0 Å². The minimum absolute atomic E-state index is 0.223. The molecule has 1 heterocycles. The lowest BCUT2D eigenvalue weighted by Gasteiger charge is -2.19. The minimum Gasteiger partial charge on any atom is -0.451 e. The number of nitrogens with zero attached hydrogens (tertiary/aromatic N) is 1. The molecular formula is C18H17ClN2O2. The fourth-order valence-electron chi connectivity index (χ4n) is 2.36. The predicted octanol–water partition coefficient (Wildman–Crippen LogP) is 3.95. The molecule has 1 N–H and O–H groups in total. The number of rotatable bonds is 5. The molecule has 2 aromatic carbocycles. The first-order chi connectivity index (χ1) is 11.1. The Bertz CT molecular complexity index is 814. The number of hydrogen-bond acceptors (Lipinski definition) is 3. The van der Waals surface area contributed by atoms with Gasteiger partial charge in [0.15, 0.2) is 5.76 Å². The van der Waals surface area contributed by atoms with Crippen LogP contribution in [0.15, 0.2) is 59.0 Å². The van der Waals surface area contributed by atoms with Gasteiger partial charge in [0.25, 0.3) is 5.91 Å². The van der Waals surface area contributed by atoms with E-state index in [-0.39, 0.29) is 5.91 Å². The third-order valence-corrected chi connectivity index (χ3v) is 3.87. The molecule has 0 saturated carbocycles. The monoisotopic (exact) mass is 328 g/mol. The zero-order valence-electron chi connectivity index (χ0n) is 12.8. The second kappa shape index (κ2) is 6.75. The molecule has 1 amide bonds. The Kier molecular flexibility index (Phi) is 4.53. The Morgan fingerprint density at radius 3 is 2.74 bits per heavy atom. The highest BCUT2D eigenvalue weighted by molar-refractivity contribution is 6.31. The van der Waals surface area contributed by atoms with Gasteiger partial charge in [-0.3, -0.25) is 4.79 Å². The van der Waals surface area contributed by atoms with Gasteiger partial charge in [0.05, 0.1) is 0 Å². The van der Waals surface area contributed by atoms with Gasteiger partial charge in [-0.25, -0.2) is 0 Å². The maximum absolute atomic E-state index is 12.2. The van der Waals surface area contributed by atoms with Crippen molar-refractivity contribution in [3.05, 3.63) is 65.4 Å². The molecule has 23 heavy (non-hydrogen) atoms. The van der Waals surface area contributed by atoms with Gasteiger partial charge in [0.2, 0.25) is 0 Å². The summed E-state index contributed by atoms with van der Waals surface area (Å²) in [5, 5.41) is 4.31. The normalized spacial score (nSPS) is 10.7. The van der Waals surface area contributed by atoms with Crippen LogP contribution in [0.3, 0.4) is 0 Å². The molecule has 0 fully saturated rings. The summed E-state index contributed by atoms with van der Waals surface area (Å²) in [6.45, 7) is 1.24. The van der Waals surface area contributed by atoms with Gasteiger partial charge in [-0.1, -0.05) is 29.8 Å². The number of amides is 1. The van der Waals surface area contributed by atoms with Crippen molar-refractivity contribution in [2.75, 3.05) is 25.0 Å². The van der Waals surface area contributed by atoms with Gasteiger partial charge < -0.3 is 14.6 Å². The maximum Gasteiger partial charge on any atom is 0.287 e. The number of benzene rings is 2. The van der Waals surface area contributed by atoms with E-state index in [2.05, 4.69) is 10.2 Å². The van der Waals surface area contributed by atoms with Crippen LogP contribution in [0.2, 0.25) is 5.02 Å². The van der Waals surface area contributed by atoms with E-state index < -0.39 is 0 Å². The second-order valence-corrected chi connectivity index (χ2v) is 5.74. The van der Waals surface area contributed by atoms with Crippen LogP contribution in [0, 0.1) is 0 Å². The van der Waals surface area contributed by atoms with Crippen molar-refractivity contribution < 1.29 is 9.21 Å². The molecule has 5 heteroatoms. The van der Waals surface area contributed by atoms with E-state index in [0.29, 0.717) is 29.5 Å². The number of anilines is 1. The molecule has 1 aromatic heterocycles. The summed E-state index contributed by atoms with van der Waals surface area (Å²) in [6, 6.07) is 17.0. The Labute approximate surface area is 139 Å². The van der Waals surface area contributed by atoms with Gasteiger partial charge in [-0.2, -0.15) is 0 Å². The summed E-state index contributed by atoms with van der Waals surface area (Å²) in [5.41, 5.74) is 1.76. The van der Waals surface area contributed by atoms with Crippen LogP contribution in [0.4, 0.5) is 5.69 Å². The van der Waals surface area contributed by atoms with Crippen LogP contribution in [-0.2, 0) is 0 Å². The SMILES string of the molecule is CN(CCNC(=O)c1cc2cc(Cl)ccc2o1)c1ccccc1. The highest BCUT2D eigenvalue weighted by Gasteiger charge is 2.12. The number of likely N-dealkylation sites (N-methyl/N-ethyl adjacent to an activating group) is 1. The summed E-state index contributed by atoms with van der Waals surface area (Å²) >= 11 is 5.94. The van der Waals surface area contributed by atoms with Crippen molar-refractivity contribution in [1.82, 2.24) is 5.32 Å². The third kappa shape index (κ3) is 3.66.